The molecule has 0 bridgehead atoms. The van der Waals surface area contributed by atoms with Crippen LogP contribution in [0.4, 0.5) is 13.2 Å². The Hall–Kier alpha value is -1.61. The summed E-state index contributed by atoms with van der Waals surface area (Å²) in [6.07, 6.45) is 0.0668. The number of carbonyl (C=O) groups excluding carboxylic acids is 3. The molecule has 4 rings (SSSR count). The van der Waals surface area contributed by atoms with Crippen LogP contribution in [-0.2, 0) is 19.1 Å². The first kappa shape index (κ1) is 26.5. The second-order valence-corrected chi connectivity index (χ2v) is 12.4. The Morgan fingerprint density at radius 2 is 1.86 bits per heavy atom. The SMILES string of the molecule is CCC(=O)OC1(C(=O)SCF)C(C)(C)CC2C3CC(F)C4=CC(=O)C=CC4(C)C3(F)C(O)CC21C. The van der Waals surface area contributed by atoms with Gasteiger partial charge < -0.3 is 9.84 Å². The van der Waals surface area contributed by atoms with Gasteiger partial charge >= 0.3 is 5.97 Å². The molecule has 8 unspecified atom stereocenters. The van der Waals surface area contributed by atoms with E-state index in [0.29, 0.717) is 11.8 Å². The van der Waals surface area contributed by atoms with Crippen LogP contribution in [0.3, 0.4) is 0 Å². The monoisotopic (exact) mass is 514 g/mol. The Morgan fingerprint density at radius 3 is 2.46 bits per heavy atom. The Kier molecular flexibility index (Phi) is 6.20. The summed E-state index contributed by atoms with van der Waals surface area (Å²) >= 11 is 0.394. The quantitative estimate of drug-likeness (QED) is 0.542. The molecule has 0 saturated heterocycles. The Labute approximate surface area is 207 Å². The van der Waals surface area contributed by atoms with Gasteiger partial charge in [0.25, 0.3) is 0 Å². The minimum atomic E-state index is -2.32. The lowest BCUT2D eigenvalue weighted by Crippen LogP contribution is -2.71. The van der Waals surface area contributed by atoms with E-state index in [1.807, 2.05) is 0 Å². The highest BCUT2D eigenvalue weighted by molar-refractivity contribution is 8.13. The van der Waals surface area contributed by atoms with Crippen LogP contribution in [0.5, 0.6) is 0 Å². The molecule has 5 nitrogen and oxygen atoms in total. The predicted octanol–water partition coefficient (Wildman–Crippen LogP) is 4.82. The van der Waals surface area contributed by atoms with Crippen molar-refractivity contribution in [2.24, 2.45) is 28.1 Å². The van der Waals surface area contributed by atoms with Crippen LogP contribution in [0, 0.1) is 28.1 Å². The summed E-state index contributed by atoms with van der Waals surface area (Å²) in [5.41, 5.74) is -8.01. The third-order valence-electron chi connectivity index (χ3n) is 9.53. The summed E-state index contributed by atoms with van der Waals surface area (Å²) in [4.78, 5) is 38.2. The molecule has 0 amide bonds. The Bertz CT molecular complexity index is 1030. The molecule has 194 valence electrons. The topological polar surface area (TPSA) is 80.7 Å². The fourth-order valence-electron chi connectivity index (χ4n) is 8.00. The zero-order valence-corrected chi connectivity index (χ0v) is 21.5. The van der Waals surface area contributed by atoms with Crippen molar-refractivity contribution in [3.8, 4) is 0 Å². The molecule has 0 aromatic rings. The van der Waals surface area contributed by atoms with Crippen LogP contribution in [0.1, 0.15) is 60.3 Å². The number of esters is 1. The Balaban J connectivity index is 1.92. The second kappa shape index (κ2) is 8.20. The number of hydrogen-bond acceptors (Lipinski definition) is 6. The van der Waals surface area contributed by atoms with Gasteiger partial charge in [0.15, 0.2) is 17.1 Å². The number of allylic oxidation sites excluding steroid dienone is 4. The molecule has 3 fully saturated rings. The molecule has 0 aliphatic heterocycles. The average molecular weight is 515 g/mol. The van der Waals surface area contributed by atoms with Gasteiger partial charge in [-0.25, -0.2) is 13.2 Å². The Morgan fingerprint density at radius 1 is 1.20 bits per heavy atom. The molecular formula is C26H33F3O5S. The predicted molar refractivity (Wildman–Crippen MR) is 125 cm³/mol. The smallest absolute Gasteiger partial charge is 0.306 e. The maximum Gasteiger partial charge on any atom is 0.306 e. The number of hydrogen-bond donors (Lipinski definition) is 1. The van der Waals surface area contributed by atoms with E-state index in [1.54, 1.807) is 27.7 Å². The number of ether oxygens (including phenoxy) is 1. The molecule has 4 aliphatic carbocycles. The van der Waals surface area contributed by atoms with Crippen molar-refractivity contribution in [2.75, 3.05) is 6.01 Å². The molecule has 8 atom stereocenters. The third-order valence-corrected chi connectivity index (χ3v) is 10.2. The third kappa shape index (κ3) is 3.15. The van der Waals surface area contributed by atoms with Crippen molar-refractivity contribution in [1.82, 2.24) is 0 Å². The number of carbonyl (C=O) groups is 3. The van der Waals surface area contributed by atoms with Crippen molar-refractivity contribution < 1.29 is 37.4 Å². The van der Waals surface area contributed by atoms with Crippen LogP contribution in [0.2, 0.25) is 0 Å². The van der Waals surface area contributed by atoms with Crippen LogP contribution in [-0.4, -0.2) is 51.5 Å². The van der Waals surface area contributed by atoms with Gasteiger partial charge in [0.1, 0.15) is 12.2 Å². The maximum absolute atomic E-state index is 17.3. The molecule has 0 aromatic heterocycles. The summed E-state index contributed by atoms with van der Waals surface area (Å²) in [6.45, 7) is 8.21. The second-order valence-electron chi connectivity index (χ2n) is 11.5. The first-order valence-corrected chi connectivity index (χ1v) is 13.1. The number of rotatable bonds is 4. The number of fused-ring (bicyclic) bond motifs is 5. The van der Waals surface area contributed by atoms with Crippen LogP contribution in [0.25, 0.3) is 0 Å². The standard InChI is InChI=1S/C26H33F3O5S/c1-6-20(32)34-26(21(33)35-13-27)22(2,3)11-17-15-10-18(28)16-9-14(30)7-8-23(16,4)25(15,29)19(31)12-24(17,26)5/h7-9,15,17-19,31H,6,10-13H2,1-5H3. The molecule has 35 heavy (non-hydrogen) atoms. The van der Waals surface area contributed by atoms with Gasteiger partial charge in [-0.2, -0.15) is 0 Å². The average Bonchev–Trinajstić information content (AvgIpc) is 2.95. The number of aliphatic hydroxyl groups excluding tert-OH is 1. The lowest BCUT2D eigenvalue weighted by Gasteiger charge is -2.63. The van der Waals surface area contributed by atoms with E-state index in [9.17, 15) is 23.9 Å². The molecular weight excluding hydrogens is 481 g/mol. The minimum Gasteiger partial charge on any atom is -0.449 e. The zero-order valence-electron chi connectivity index (χ0n) is 20.7. The van der Waals surface area contributed by atoms with Gasteiger partial charge in [-0.1, -0.05) is 33.8 Å². The number of ketones is 1. The number of alkyl halides is 3. The van der Waals surface area contributed by atoms with E-state index in [1.165, 1.54) is 19.1 Å². The highest BCUT2D eigenvalue weighted by atomic mass is 32.2. The van der Waals surface area contributed by atoms with E-state index in [4.69, 9.17) is 4.74 Å². The van der Waals surface area contributed by atoms with Crippen LogP contribution < -0.4 is 0 Å². The number of thioether (sulfide) groups is 1. The normalized spacial score (nSPS) is 45.7. The summed E-state index contributed by atoms with van der Waals surface area (Å²) in [6, 6.07) is -1.03. The lowest BCUT2D eigenvalue weighted by atomic mass is 9.44. The molecule has 0 radical (unpaired) electrons. The molecule has 1 N–H and O–H groups in total. The van der Waals surface area contributed by atoms with E-state index in [0.717, 1.165) is 6.08 Å². The van der Waals surface area contributed by atoms with Crippen molar-refractivity contribution in [3.05, 3.63) is 23.8 Å². The molecule has 0 spiro atoms. The van der Waals surface area contributed by atoms with Crippen LogP contribution in [0.15, 0.2) is 23.8 Å². The highest BCUT2D eigenvalue weighted by Gasteiger charge is 2.80. The summed E-state index contributed by atoms with van der Waals surface area (Å²) in [5, 5.41) is 10.8. The van der Waals surface area contributed by atoms with Gasteiger partial charge in [0, 0.05) is 28.6 Å². The highest BCUT2D eigenvalue weighted by Crippen LogP contribution is 2.74. The maximum atomic E-state index is 17.3. The van der Waals surface area contributed by atoms with Gasteiger partial charge in [-0.05, 0) is 61.6 Å². The largest absolute Gasteiger partial charge is 0.449 e. The van der Waals surface area contributed by atoms with E-state index >= 15 is 8.78 Å². The van der Waals surface area contributed by atoms with Gasteiger partial charge in [-0.15, -0.1) is 0 Å². The fourth-order valence-corrected chi connectivity index (χ4v) is 8.86. The number of aliphatic hydroxyl groups is 1. The van der Waals surface area contributed by atoms with E-state index in [2.05, 4.69) is 0 Å². The summed E-state index contributed by atoms with van der Waals surface area (Å²) < 4.78 is 52.3. The van der Waals surface area contributed by atoms with E-state index in [-0.39, 0.29) is 31.3 Å². The first-order chi connectivity index (χ1) is 16.2. The molecule has 4 aliphatic rings. The van der Waals surface area contributed by atoms with E-state index < -0.39 is 74.5 Å². The molecule has 9 heteroatoms. The van der Waals surface area contributed by atoms with Crippen LogP contribution >= 0.6 is 11.8 Å². The summed E-state index contributed by atoms with van der Waals surface area (Å²) in [5.74, 6) is -2.77. The van der Waals surface area contributed by atoms with Crippen molar-refractivity contribution in [2.45, 2.75) is 83.8 Å². The number of halogens is 3. The first-order valence-electron chi connectivity index (χ1n) is 12.1. The fraction of sp³-hybridized carbons (Fsp3) is 0.731. The van der Waals surface area contributed by atoms with Crippen molar-refractivity contribution in [1.29, 1.82) is 0 Å². The molecule has 0 aromatic carbocycles. The molecule has 3 saturated carbocycles. The van der Waals surface area contributed by atoms with Crippen molar-refractivity contribution in [3.63, 3.8) is 0 Å². The summed E-state index contributed by atoms with van der Waals surface area (Å²) in [7, 11) is 0. The molecule has 0 heterocycles. The van der Waals surface area contributed by atoms with Gasteiger partial charge in [0.2, 0.25) is 5.12 Å². The van der Waals surface area contributed by atoms with Gasteiger partial charge in [0.05, 0.1) is 6.10 Å². The van der Waals surface area contributed by atoms with Crippen molar-refractivity contribution >= 4 is 28.6 Å². The zero-order chi connectivity index (χ0) is 26.2. The minimum absolute atomic E-state index is 0.0106. The van der Waals surface area contributed by atoms with Gasteiger partial charge in [-0.3, -0.25) is 14.4 Å². The lowest BCUT2D eigenvalue weighted by molar-refractivity contribution is -0.232.